The monoisotopic (exact) mass is 437 g/mol. The smallest absolute Gasteiger partial charge is 0.254 e. The molecule has 2 atom stereocenters. The zero-order valence-corrected chi connectivity index (χ0v) is 19.1. The maximum Gasteiger partial charge on any atom is 0.254 e. The average Bonchev–Trinajstić information content (AvgIpc) is 3.17. The van der Waals surface area contributed by atoms with Crippen molar-refractivity contribution in [3.63, 3.8) is 0 Å². The Morgan fingerprint density at radius 2 is 1.70 bits per heavy atom. The number of para-hydroxylation sites is 1. The Balaban J connectivity index is 1.66. The number of aryl methyl sites for hydroxylation is 2. The van der Waals surface area contributed by atoms with E-state index >= 15 is 0 Å². The maximum atomic E-state index is 13.9. The van der Waals surface area contributed by atoms with Crippen LogP contribution in [-0.2, 0) is 18.3 Å². The Kier molecular flexibility index (Phi) is 5.25. The highest BCUT2D eigenvalue weighted by atomic mass is 16.2. The van der Waals surface area contributed by atoms with E-state index in [-0.39, 0.29) is 11.8 Å². The molecule has 1 aliphatic rings. The molecule has 1 aliphatic heterocycles. The fourth-order valence-electron chi connectivity index (χ4n) is 5.04. The van der Waals surface area contributed by atoms with E-state index in [1.807, 2.05) is 67.8 Å². The van der Waals surface area contributed by atoms with Gasteiger partial charge in [-0.15, -0.1) is 0 Å². The minimum absolute atomic E-state index is 0.0689. The van der Waals surface area contributed by atoms with Crippen molar-refractivity contribution in [3.8, 4) is 0 Å². The van der Waals surface area contributed by atoms with Crippen molar-refractivity contribution in [3.05, 3.63) is 101 Å². The number of likely N-dealkylation sites (N-methyl/N-ethyl adjacent to an activating group) is 1. The maximum absolute atomic E-state index is 13.9. The Morgan fingerprint density at radius 1 is 0.939 bits per heavy atom. The van der Waals surface area contributed by atoms with Gasteiger partial charge in [-0.05, 0) is 41.8 Å². The lowest BCUT2D eigenvalue weighted by Crippen LogP contribution is -2.44. The lowest BCUT2D eigenvalue weighted by molar-refractivity contribution is -0.119. The quantitative estimate of drug-likeness (QED) is 0.472. The number of rotatable bonds is 4. The summed E-state index contributed by atoms with van der Waals surface area (Å²) in [5.74, 6) is -0.728. The number of nitrogens with zero attached hydrogens (tertiary/aromatic N) is 2. The highest BCUT2D eigenvalue weighted by Crippen LogP contribution is 2.44. The van der Waals surface area contributed by atoms with Crippen molar-refractivity contribution in [2.75, 3.05) is 12.4 Å². The Bertz CT molecular complexity index is 1370. The van der Waals surface area contributed by atoms with Gasteiger partial charge in [-0.3, -0.25) is 9.59 Å². The van der Waals surface area contributed by atoms with Crippen LogP contribution in [0.2, 0.25) is 0 Å². The first-order chi connectivity index (χ1) is 16.0. The molecule has 0 spiro atoms. The van der Waals surface area contributed by atoms with E-state index < -0.39 is 12.0 Å². The van der Waals surface area contributed by atoms with Gasteiger partial charge in [0.1, 0.15) is 0 Å². The summed E-state index contributed by atoms with van der Waals surface area (Å²) >= 11 is 0. The molecule has 166 valence electrons. The summed E-state index contributed by atoms with van der Waals surface area (Å²) in [6.45, 7) is 2.09. The molecule has 0 saturated carbocycles. The van der Waals surface area contributed by atoms with Crippen LogP contribution in [-0.4, -0.2) is 28.3 Å². The third-order valence-electron chi connectivity index (χ3n) is 6.71. The molecule has 5 rings (SSSR count). The summed E-state index contributed by atoms with van der Waals surface area (Å²) in [6.07, 6.45) is 2.94. The van der Waals surface area contributed by atoms with Crippen LogP contribution in [0.25, 0.3) is 10.9 Å². The molecule has 0 saturated heterocycles. The molecule has 0 unspecified atom stereocenters. The number of nitrogens with one attached hydrogen (secondary N) is 1. The second-order valence-electron chi connectivity index (χ2n) is 8.68. The van der Waals surface area contributed by atoms with Crippen LogP contribution in [0.4, 0.5) is 5.69 Å². The van der Waals surface area contributed by atoms with E-state index in [9.17, 15) is 9.59 Å². The van der Waals surface area contributed by atoms with E-state index in [0.29, 0.717) is 5.56 Å². The Hall–Kier alpha value is -3.86. The number of fused-ring (bicyclic) bond motifs is 2. The fraction of sp³-hybridized carbons (Fsp3) is 0.214. The third kappa shape index (κ3) is 3.50. The van der Waals surface area contributed by atoms with Crippen molar-refractivity contribution in [1.29, 1.82) is 0 Å². The highest BCUT2D eigenvalue weighted by molar-refractivity contribution is 6.05. The molecule has 0 radical (unpaired) electrons. The summed E-state index contributed by atoms with van der Waals surface area (Å²) in [4.78, 5) is 28.9. The molecule has 5 nitrogen and oxygen atoms in total. The van der Waals surface area contributed by atoms with Crippen LogP contribution in [0.1, 0.15) is 45.9 Å². The minimum atomic E-state index is -0.542. The van der Waals surface area contributed by atoms with Gasteiger partial charge in [-0.2, -0.15) is 0 Å². The van der Waals surface area contributed by atoms with Gasteiger partial charge in [0, 0.05) is 48.0 Å². The SMILES string of the molecule is CCc1cccc(NC(=O)[C@H]2c3ccccc3C(=O)N(C)[C@@H]2c2cn(C)c3ccccc23)c1. The molecule has 1 aromatic heterocycles. The van der Waals surface area contributed by atoms with Crippen LogP contribution in [0, 0.1) is 0 Å². The zero-order valence-electron chi connectivity index (χ0n) is 19.1. The summed E-state index contributed by atoms with van der Waals surface area (Å²) in [5.41, 5.74) is 5.33. The number of aromatic nitrogens is 1. The first-order valence-corrected chi connectivity index (χ1v) is 11.3. The van der Waals surface area contributed by atoms with E-state index in [1.165, 1.54) is 0 Å². The van der Waals surface area contributed by atoms with Crippen LogP contribution in [0.5, 0.6) is 0 Å². The summed E-state index contributed by atoms with van der Waals surface area (Å²) in [6, 6.07) is 23.1. The molecule has 0 bridgehead atoms. The normalized spacial score (nSPS) is 17.8. The van der Waals surface area contributed by atoms with Crippen LogP contribution >= 0.6 is 0 Å². The molecular formula is C28H27N3O2. The van der Waals surface area contributed by atoms with Gasteiger partial charge >= 0.3 is 0 Å². The van der Waals surface area contributed by atoms with Gasteiger partial charge < -0.3 is 14.8 Å². The number of hydrogen-bond donors (Lipinski definition) is 1. The second-order valence-corrected chi connectivity index (χ2v) is 8.68. The molecule has 0 aliphatic carbocycles. The topological polar surface area (TPSA) is 54.3 Å². The van der Waals surface area contributed by atoms with Gasteiger partial charge in [-0.25, -0.2) is 0 Å². The summed E-state index contributed by atoms with van der Waals surface area (Å²) in [5, 5.41) is 4.18. The predicted molar refractivity (Wildman–Crippen MR) is 131 cm³/mol. The molecule has 33 heavy (non-hydrogen) atoms. The molecule has 1 N–H and O–H groups in total. The fourth-order valence-corrected chi connectivity index (χ4v) is 5.04. The van der Waals surface area contributed by atoms with Gasteiger partial charge in [0.05, 0.1) is 12.0 Å². The molecule has 2 heterocycles. The summed E-state index contributed by atoms with van der Waals surface area (Å²) < 4.78 is 2.06. The Labute approximate surface area is 193 Å². The largest absolute Gasteiger partial charge is 0.350 e. The van der Waals surface area contributed by atoms with Gasteiger partial charge in [0.2, 0.25) is 5.91 Å². The second kappa shape index (κ2) is 8.24. The third-order valence-corrected chi connectivity index (χ3v) is 6.71. The van der Waals surface area contributed by atoms with Gasteiger partial charge in [0.25, 0.3) is 5.91 Å². The van der Waals surface area contributed by atoms with Crippen LogP contribution < -0.4 is 5.32 Å². The van der Waals surface area contributed by atoms with E-state index in [2.05, 4.69) is 35.0 Å². The Morgan fingerprint density at radius 3 is 2.52 bits per heavy atom. The molecule has 0 fully saturated rings. The number of carbonyl (C=O) groups is 2. The molecular weight excluding hydrogens is 410 g/mol. The lowest BCUT2D eigenvalue weighted by Gasteiger charge is -2.39. The van der Waals surface area contributed by atoms with E-state index in [1.54, 1.807) is 11.9 Å². The zero-order chi connectivity index (χ0) is 23.1. The van der Waals surface area contributed by atoms with Crippen molar-refractivity contribution in [2.45, 2.75) is 25.3 Å². The van der Waals surface area contributed by atoms with Crippen LogP contribution in [0.3, 0.4) is 0 Å². The van der Waals surface area contributed by atoms with Crippen molar-refractivity contribution >= 4 is 28.4 Å². The van der Waals surface area contributed by atoms with Crippen molar-refractivity contribution in [1.82, 2.24) is 9.47 Å². The van der Waals surface area contributed by atoms with Gasteiger partial charge in [0.15, 0.2) is 0 Å². The van der Waals surface area contributed by atoms with Crippen LogP contribution in [0.15, 0.2) is 79.0 Å². The van der Waals surface area contributed by atoms with Crippen molar-refractivity contribution < 1.29 is 9.59 Å². The number of benzene rings is 3. The van der Waals surface area contributed by atoms with Crippen molar-refractivity contribution in [2.24, 2.45) is 7.05 Å². The molecule has 5 heteroatoms. The lowest BCUT2D eigenvalue weighted by atomic mass is 9.79. The van der Waals surface area contributed by atoms with E-state index in [0.717, 1.165) is 39.7 Å². The molecule has 3 aromatic carbocycles. The predicted octanol–water partition coefficient (Wildman–Crippen LogP) is 5.29. The first-order valence-electron chi connectivity index (χ1n) is 11.3. The average molecular weight is 438 g/mol. The number of carbonyl (C=O) groups excluding carboxylic acids is 2. The standard InChI is InChI=1S/C28H27N3O2/c1-4-18-10-9-11-19(16-18)29-27(32)25-21-13-5-6-14-22(21)28(33)31(3)26(25)23-17-30(2)24-15-8-7-12-20(23)24/h5-17,25-26H,4H2,1-3H3,(H,29,32)/t25-,26+/m0/s1. The number of anilines is 1. The molecule has 4 aromatic rings. The van der Waals surface area contributed by atoms with E-state index in [4.69, 9.17) is 0 Å². The first kappa shape index (κ1) is 21.0. The molecule has 2 amide bonds. The number of hydrogen-bond acceptors (Lipinski definition) is 2. The summed E-state index contributed by atoms with van der Waals surface area (Å²) in [7, 11) is 3.79. The minimum Gasteiger partial charge on any atom is -0.350 e. The highest BCUT2D eigenvalue weighted by Gasteiger charge is 2.43. The number of amides is 2. The van der Waals surface area contributed by atoms with Gasteiger partial charge in [-0.1, -0.05) is 55.5 Å².